The van der Waals surface area contributed by atoms with E-state index in [1.54, 1.807) is 9.80 Å². The second-order valence-electron chi connectivity index (χ2n) is 5.19. The largest absolute Gasteiger partial charge is 0.342 e. The third-order valence-electron chi connectivity index (χ3n) is 3.24. The summed E-state index contributed by atoms with van der Waals surface area (Å²) in [6.07, 6.45) is 0.842. The molecule has 1 aliphatic rings. The van der Waals surface area contributed by atoms with E-state index in [0.29, 0.717) is 26.2 Å². The summed E-state index contributed by atoms with van der Waals surface area (Å²) >= 11 is 1.47. The molecule has 0 saturated carbocycles. The van der Waals surface area contributed by atoms with Crippen LogP contribution < -0.4 is 0 Å². The van der Waals surface area contributed by atoms with Gasteiger partial charge in [-0.1, -0.05) is 0 Å². The SMILES string of the molecule is Cc1nc(CN(C)C)sc1C(=O)N1CCN(C=O)CC1. The number of rotatable bonds is 4. The van der Waals surface area contributed by atoms with Gasteiger partial charge in [0.05, 0.1) is 5.69 Å². The molecule has 2 heterocycles. The molecule has 6 nitrogen and oxygen atoms in total. The molecule has 2 amide bonds. The van der Waals surface area contributed by atoms with Crippen LogP contribution in [0.1, 0.15) is 20.4 Å². The number of thiazole rings is 1. The molecule has 1 fully saturated rings. The van der Waals surface area contributed by atoms with E-state index in [-0.39, 0.29) is 5.91 Å². The molecule has 0 radical (unpaired) electrons. The van der Waals surface area contributed by atoms with Gasteiger partial charge in [0.2, 0.25) is 6.41 Å². The Morgan fingerprint density at radius 1 is 1.35 bits per heavy atom. The fourth-order valence-electron chi connectivity index (χ4n) is 2.16. The van der Waals surface area contributed by atoms with Gasteiger partial charge in [0, 0.05) is 32.7 Å². The van der Waals surface area contributed by atoms with E-state index in [2.05, 4.69) is 4.98 Å². The topological polar surface area (TPSA) is 56.8 Å². The molecule has 1 saturated heterocycles. The van der Waals surface area contributed by atoms with Gasteiger partial charge in [-0.3, -0.25) is 9.59 Å². The highest BCUT2D eigenvalue weighted by Gasteiger charge is 2.24. The molecule has 2 rings (SSSR count). The summed E-state index contributed by atoms with van der Waals surface area (Å²) in [6.45, 7) is 5.04. The van der Waals surface area contributed by atoms with Crippen molar-refractivity contribution < 1.29 is 9.59 Å². The minimum atomic E-state index is 0.0376. The number of aromatic nitrogens is 1. The first-order valence-corrected chi connectivity index (χ1v) is 7.42. The molecule has 1 aliphatic heterocycles. The zero-order valence-corrected chi connectivity index (χ0v) is 12.9. The third-order valence-corrected chi connectivity index (χ3v) is 4.37. The van der Waals surface area contributed by atoms with Crippen LogP contribution >= 0.6 is 11.3 Å². The Balaban J connectivity index is 2.05. The van der Waals surface area contributed by atoms with Crippen molar-refractivity contribution >= 4 is 23.7 Å². The van der Waals surface area contributed by atoms with E-state index in [9.17, 15) is 9.59 Å². The van der Waals surface area contributed by atoms with Crippen molar-refractivity contribution in [3.05, 3.63) is 15.6 Å². The summed E-state index contributed by atoms with van der Waals surface area (Å²) in [7, 11) is 3.97. The summed E-state index contributed by atoms with van der Waals surface area (Å²) in [6, 6.07) is 0. The molecule has 0 N–H and O–H groups in total. The Hall–Kier alpha value is -1.47. The van der Waals surface area contributed by atoms with E-state index in [1.165, 1.54) is 11.3 Å². The van der Waals surface area contributed by atoms with Crippen molar-refractivity contribution in [3.8, 4) is 0 Å². The zero-order chi connectivity index (χ0) is 14.7. The molecule has 0 spiro atoms. The smallest absolute Gasteiger partial charge is 0.265 e. The molecule has 110 valence electrons. The first-order valence-electron chi connectivity index (χ1n) is 6.61. The van der Waals surface area contributed by atoms with E-state index >= 15 is 0 Å². The van der Waals surface area contributed by atoms with Crippen LogP contribution in [0.15, 0.2) is 0 Å². The molecule has 0 bridgehead atoms. The lowest BCUT2D eigenvalue weighted by atomic mass is 10.3. The van der Waals surface area contributed by atoms with E-state index in [0.717, 1.165) is 28.5 Å². The number of amides is 2. The minimum Gasteiger partial charge on any atom is -0.342 e. The van der Waals surface area contributed by atoms with Gasteiger partial charge in [-0.05, 0) is 21.0 Å². The van der Waals surface area contributed by atoms with Crippen LogP contribution in [0.5, 0.6) is 0 Å². The summed E-state index contributed by atoms with van der Waals surface area (Å²) in [5.41, 5.74) is 0.801. The maximum Gasteiger partial charge on any atom is 0.265 e. The minimum absolute atomic E-state index is 0.0376. The number of aryl methyl sites for hydroxylation is 1. The molecule has 0 atom stereocenters. The summed E-state index contributed by atoms with van der Waals surface area (Å²) in [5.74, 6) is 0.0376. The Morgan fingerprint density at radius 3 is 2.55 bits per heavy atom. The van der Waals surface area contributed by atoms with Gasteiger partial charge >= 0.3 is 0 Å². The van der Waals surface area contributed by atoms with Gasteiger partial charge in [-0.25, -0.2) is 4.98 Å². The van der Waals surface area contributed by atoms with Gasteiger partial charge in [0.15, 0.2) is 0 Å². The quantitative estimate of drug-likeness (QED) is 0.756. The number of hydrogen-bond donors (Lipinski definition) is 0. The van der Waals surface area contributed by atoms with Crippen molar-refractivity contribution in [2.75, 3.05) is 40.3 Å². The fraction of sp³-hybridized carbons (Fsp3) is 0.615. The van der Waals surface area contributed by atoms with E-state index < -0.39 is 0 Å². The van der Waals surface area contributed by atoms with Gasteiger partial charge in [0.1, 0.15) is 9.88 Å². The van der Waals surface area contributed by atoms with Crippen molar-refractivity contribution in [1.82, 2.24) is 19.7 Å². The van der Waals surface area contributed by atoms with Crippen LogP contribution in [0.3, 0.4) is 0 Å². The summed E-state index contributed by atoms with van der Waals surface area (Å²) < 4.78 is 0. The van der Waals surface area contributed by atoms with Gasteiger partial charge < -0.3 is 14.7 Å². The first-order chi connectivity index (χ1) is 9.51. The van der Waals surface area contributed by atoms with Crippen LogP contribution in [0.4, 0.5) is 0 Å². The number of hydrogen-bond acceptors (Lipinski definition) is 5. The highest BCUT2D eigenvalue weighted by Crippen LogP contribution is 2.21. The van der Waals surface area contributed by atoms with Crippen LogP contribution in [0, 0.1) is 6.92 Å². The Morgan fingerprint density at radius 2 is 2.00 bits per heavy atom. The number of carbonyl (C=O) groups excluding carboxylic acids is 2. The molecule has 0 aromatic carbocycles. The van der Waals surface area contributed by atoms with Gasteiger partial charge in [0.25, 0.3) is 5.91 Å². The molecule has 0 aliphatic carbocycles. The second-order valence-corrected chi connectivity index (χ2v) is 6.28. The maximum absolute atomic E-state index is 12.5. The molecule has 0 unspecified atom stereocenters. The Kier molecular flexibility index (Phi) is 4.72. The van der Waals surface area contributed by atoms with E-state index in [1.807, 2.05) is 25.9 Å². The van der Waals surface area contributed by atoms with Crippen LogP contribution in [-0.2, 0) is 11.3 Å². The van der Waals surface area contributed by atoms with Crippen LogP contribution in [0.2, 0.25) is 0 Å². The number of carbonyl (C=O) groups is 2. The summed E-state index contributed by atoms with van der Waals surface area (Å²) in [5, 5.41) is 0.961. The molecule has 1 aromatic rings. The third kappa shape index (κ3) is 3.34. The zero-order valence-electron chi connectivity index (χ0n) is 12.1. The van der Waals surface area contributed by atoms with Crippen LogP contribution in [-0.4, -0.2) is 72.3 Å². The molecular formula is C13H20N4O2S. The van der Waals surface area contributed by atoms with Gasteiger partial charge in [-0.2, -0.15) is 0 Å². The second kappa shape index (κ2) is 6.32. The van der Waals surface area contributed by atoms with Crippen molar-refractivity contribution in [2.45, 2.75) is 13.5 Å². The van der Waals surface area contributed by atoms with E-state index in [4.69, 9.17) is 0 Å². The monoisotopic (exact) mass is 296 g/mol. The summed E-state index contributed by atoms with van der Waals surface area (Å²) in [4.78, 5) is 33.9. The lowest BCUT2D eigenvalue weighted by Crippen LogP contribution is -2.48. The lowest BCUT2D eigenvalue weighted by molar-refractivity contribution is -0.119. The van der Waals surface area contributed by atoms with Crippen molar-refractivity contribution in [3.63, 3.8) is 0 Å². The highest BCUT2D eigenvalue weighted by atomic mass is 32.1. The Bertz CT molecular complexity index is 493. The number of nitrogens with zero attached hydrogens (tertiary/aromatic N) is 4. The van der Waals surface area contributed by atoms with Crippen LogP contribution in [0.25, 0.3) is 0 Å². The molecule has 1 aromatic heterocycles. The van der Waals surface area contributed by atoms with Crippen molar-refractivity contribution in [2.24, 2.45) is 0 Å². The predicted molar refractivity (Wildman–Crippen MR) is 77.8 cm³/mol. The Labute approximate surface area is 123 Å². The maximum atomic E-state index is 12.5. The molecule has 20 heavy (non-hydrogen) atoms. The van der Waals surface area contributed by atoms with Crippen molar-refractivity contribution in [1.29, 1.82) is 0 Å². The lowest BCUT2D eigenvalue weighted by Gasteiger charge is -2.32. The standard InChI is InChI=1S/C13H20N4O2S/c1-10-12(20-11(14-10)8-15(2)3)13(19)17-6-4-16(9-18)5-7-17/h9H,4-8H2,1-3H3. The first kappa shape index (κ1) is 14.9. The average Bonchev–Trinajstić information content (AvgIpc) is 2.78. The predicted octanol–water partition coefficient (Wildman–Crippen LogP) is 0.427. The average molecular weight is 296 g/mol. The molecule has 7 heteroatoms. The van der Waals surface area contributed by atoms with Gasteiger partial charge in [-0.15, -0.1) is 11.3 Å². The molecular weight excluding hydrogens is 276 g/mol. The highest BCUT2D eigenvalue weighted by molar-refractivity contribution is 7.13. The fourth-order valence-corrected chi connectivity index (χ4v) is 3.31. The number of piperazine rings is 1. The normalized spacial score (nSPS) is 15.8.